The second kappa shape index (κ2) is 7.35. The van der Waals surface area contributed by atoms with Crippen LogP contribution in [-0.4, -0.2) is 43.7 Å². The standard InChI is InChI=1S/C19H27NO3/c1-2-23-17-8-4-3-6-16(17)7-5-12-20-14-19(10-9-18(20)21)11-13-22-15-19/h3-4,6,8H,2,5,7,9-15H2,1H3. The van der Waals surface area contributed by atoms with Gasteiger partial charge in [-0.2, -0.15) is 0 Å². The Kier molecular flexibility index (Phi) is 5.21. The number of ether oxygens (including phenoxy) is 2. The fraction of sp³-hybridized carbons (Fsp3) is 0.632. The molecule has 1 spiro atoms. The van der Waals surface area contributed by atoms with Crippen LogP contribution in [0.4, 0.5) is 0 Å². The van der Waals surface area contributed by atoms with Crippen molar-refractivity contribution in [3.63, 3.8) is 0 Å². The van der Waals surface area contributed by atoms with E-state index >= 15 is 0 Å². The lowest BCUT2D eigenvalue weighted by molar-refractivity contribution is -0.137. The molecule has 0 aliphatic carbocycles. The zero-order valence-electron chi connectivity index (χ0n) is 14.1. The molecular weight excluding hydrogens is 290 g/mol. The van der Waals surface area contributed by atoms with Crippen molar-refractivity contribution >= 4 is 5.91 Å². The number of hydrogen-bond donors (Lipinski definition) is 0. The zero-order chi connectivity index (χ0) is 16.1. The summed E-state index contributed by atoms with van der Waals surface area (Å²) < 4.78 is 11.3. The summed E-state index contributed by atoms with van der Waals surface area (Å²) in [4.78, 5) is 14.3. The highest BCUT2D eigenvalue weighted by atomic mass is 16.5. The third-order valence-corrected chi connectivity index (χ3v) is 5.08. The Morgan fingerprint density at radius 3 is 2.96 bits per heavy atom. The van der Waals surface area contributed by atoms with Crippen LogP contribution in [0.25, 0.3) is 0 Å². The van der Waals surface area contributed by atoms with Gasteiger partial charge in [-0.25, -0.2) is 0 Å². The molecule has 1 aromatic rings. The first-order chi connectivity index (χ1) is 11.2. The molecule has 23 heavy (non-hydrogen) atoms. The Balaban J connectivity index is 1.54. The fourth-order valence-electron chi connectivity index (χ4n) is 3.74. The van der Waals surface area contributed by atoms with Crippen LogP contribution >= 0.6 is 0 Å². The van der Waals surface area contributed by atoms with E-state index in [1.165, 1.54) is 5.56 Å². The first-order valence-electron chi connectivity index (χ1n) is 8.79. The van der Waals surface area contributed by atoms with E-state index in [0.29, 0.717) is 18.9 Å². The van der Waals surface area contributed by atoms with Crippen molar-refractivity contribution in [1.82, 2.24) is 4.90 Å². The Morgan fingerprint density at radius 1 is 1.30 bits per heavy atom. The monoisotopic (exact) mass is 317 g/mol. The maximum absolute atomic E-state index is 12.2. The molecule has 3 rings (SSSR count). The number of likely N-dealkylation sites (tertiary alicyclic amines) is 1. The second-order valence-electron chi connectivity index (χ2n) is 6.76. The minimum Gasteiger partial charge on any atom is -0.494 e. The van der Waals surface area contributed by atoms with Crippen LogP contribution in [-0.2, 0) is 16.0 Å². The molecule has 0 saturated carbocycles. The average Bonchev–Trinajstić information content (AvgIpc) is 3.01. The topological polar surface area (TPSA) is 38.8 Å². The van der Waals surface area contributed by atoms with Crippen LogP contribution in [0.3, 0.4) is 0 Å². The van der Waals surface area contributed by atoms with Crippen molar-refractivity contribution in [2.45, 2.75) is 39.0 Å². The van der Waals surface area contributed by atoms with E-state index in [1.807, 2.05) is 19.1 Å². The molecule has 0 N–H and O–H groups in total. The van der Waals surface area contributed by atoms with Crippen LogP contribution in [0.1, 0.15) is 38.2 Å². The summed E-state index contributed by atoms with van der Waals surface area (Å²) in [5.41, 5.74) is 1.47. The number of aryl methyl sites for hydroxylation is 1. The molecule has 2 aliphatic heterocycles. The van der Waals surface area contributed by atoms with Crippen molar-refractivity contribution < 1.29 is 14.3 Å². The first kappa shape index (κ1) is 16.3. The smallest absolute Gasteiger partial charge is 0.222 e. The van der Waals surface area contributed by atoms with Gasteiger partial charge in [-0.05, 0) is 44.2 Å². The summed E-state index contributed by atoms with van der Waals surface area (Å²) in [5.74, 6) is 1.28. The Bertz CT molecular complexity index is 537. The Hall–Kier alpha value is -1.55. The van der Waals surface area contributed by atoms with Gasteiger partial charge in [0.15, 0.2) is 0 Å². The van der Waals surface area contributed by atoms with E-state index in [-0.39, 0.29) is 5.41 Å². The van der Waals surface area contributed by atoms with Gasteiger partial charge in [-0.15, -0.1) is 0 Å². The molecule has 4 heteroatoms. The molecule has 2 fully saturated rings. The van der Waals surface area contributed by atoms with E-state index in [4.69, 9.17) is 9.47 Å². The molecular formula is C19H27NO3. The molecule has 1 atom stereocenters. The van der Waals surface area contributed by atoms with Crippen molar-refractivity contribution in [1.29, 1.82) is 0 Å². The molecule has 0 bridgehead atoms. The van der Waals surface area contributed by atoms with Crippen molar-refractivity contribution in [2.75, 3.05) is 32.9 Å². The summed E-state index contributed by atoms with van der Waals surface area (Å²) in [6.07, 6.45) is 4.70. The molecule has 4 nitrogen and oxygen atoms in total. The van der Waals surface area contributed by atoms with E-state index in [0.717, 1.165) is 57.7 Å². The Morgan fingerprint density at radius 2 is 2.17 bits per heavy atom. The fourth-order valence-corrected chi connectivity index (χ4v) is 3.74. The van der Waals surface area contributed by atoms with Crippen molar-refractivity contribution in [2.24, 2.45) is 5.41 Å². The highest BCUT2D eigenvalue weighted by Gasteiger charge is 2.41. The van der Waals surface area contributed by atoms with Gasteiger partial charge in [-0.1, -0.05) is 18.2 Å². The van der Waals surface area contributed by atoms with Crippen LogP contribution in [0, 0.1) is 5.41 Å². The predicted molar refractivity (Wildman–Crippen MR) is 89.6 cm³/mol. The van der Waals surface area contributed by atoms with E-state index in [2.05, 4.69) is 17.0 Å². The van der Waals surface area contributed by atoms with E-state index in [1.54, 1.807) is 0 Å². The quantitative estimate of drug-likeness (QED) is 0.809. The molecule has 126 valence electrons. The van der Waals surface area contributed by atoms with E-state index < -0.39 is 0 Å². The summed E-state index contributed by atoms with van der Waals surface area (Å²) >= 11 is 0. The van der Waals surface area contributed by atoms with Gasteiger partial charge >= 0.3 is 0 Å². The van der Waals surface area contributed by atoms with Gasteiger partial charge in [0.2, 0.25) is 5.91 Å². The number of hydrogen-bond acceptors (Lipinski definition) is 3. The number of para-hydroxylation sites is 1. The van der Waals surface area contributed by atoms with Crippen molar-refractivity contribution in [3.8, 4) is 5.75 Å². The lowest BCUT2D eigenvalue weighted by Gasteiger charge is -2.39. The number of amides is 1. The molecule has 1 unspecified atom stereocenters. The molecule has 2 heterocycles. The zero-order valence-corrected chi connectivity index (χ0v) is 14.1. The maximum atomic E-state index is 12.2. The van der Waals surface area contributed by atoms with Gasteiger partial charge < -0.3 is 14.4 Å². The van der Waals surface area contributed by atoms with Crippen LogP contribution < -0.4 is 4.74 Å². The van der Waals surface area contributed by atoms with Gasteiger partial charge in [0.1, 0.15) is 5.75 Å². The second-order valence-corrected chi connectivity index (χ2v) is 6.76. The summed E-state index contributed by atoms with van der Waals surface area (Å²) in [6.45, 7) is 6.07. The van der Waals surface area contributed by atoms with E-state index in [9.17, 15) is 4.79 Å². The third-order valence-electron chi connectivity index (χ3n) is 5.08. The lowest BCUT2D eigenvalue weighted by Crippen LogP contribution is -2.47. The molecule has 1 amide bonds. The number of piperidine rings is 1. The summed E-state index contributed by atoms with van der Waals surface area (Å²) in [7, 11) is 0. The predicted octanol–water partition coefficient (Wildman–Crippen LogP) is 3.05. The van der Waals surface area contributed by atoms with Crippen LogP contribution in [0.2, 0.25) is 0 Å². The first-order valence-corrected chi connectivity index (χ1v) is 8.79. The average molecular weight is 317 g/mol. The largest absolute Gasteiger partial charge is 0.494 e. The maximum Gasteiger partial charge on any atom is 0.222 e. The highest BCUT2D eigenvalue weighted by Crippen LogP contribution is 2.38. The molecule has 2 aliphatic rings. The normalized spacial score (nSPS) is 24.4. The molecule has 0 radical (unpaired) electrons. The van der Waals surface area contributed by atoms with Crippen molar-refractivity contribution in [3.05, 3.63) is 29.8 Å². The molecule has 2 saturated heterocycles. The number of benzene rings is 1. The van der Waals surface area contributed by atoms with Gasteiger partial charge in [0, 0.05) is 31.5 Å². The van der Waals surface area contributed by atoms with Crippen LogP contribution in [0.15, 0.2) is 24.3 Å². The third kappa shape index (κ3) is 3.86. The summed E-state index contributed by atoms with van der Waals surface area (Å²) in [5, 5.41) is 0. The lowest BCUT2D eigenvalue weighted by atomic mass is 9.79. The number of carbonyl (C=O) groups is 1. The van der Waals surface area contributed by atoms with Gasteiger partial charge in [0.05, 0.1) is 13.2 Å². The molecule has 0 aromatic heterocycles. The Labute approximate surface area is 138 Å². The number of carbonyl (C=O) groups excluding carboxylic acids is 1. The SMILES string of the molecule is CCOc1ccccc1CCCN1CC2(CCOC2)CCC1=O. The number of rotatable bonds is 6. The van der Waals surface area contributed by atoms with Gasteiger partial charge in [-0.3, -0.25) is 4.79 Å². The summed E-state index contributed by atoms with van der Waals surface area (Å²) in [6, 6.07) is 8.20. The molecule has 1 aromatic carbocycles. The van der Waals surface area contributed by atoms with Crippen LogP contribution in [0.5, 0.6) is 5.75 Å². The minimum atomic E-state index is 0.233. The number of nitrogens with zero attached hydrogens (tertiary/aromatic N) is 1. The highest BCUT2D eigenvalue weighted by molar-refractivity contribution is 5.77. The van der Waals surface area contributed by atoms with Gasteiger partial charge in [0.25, 0.3) is 0 Å². The minimum absolute atomic E-state index is 0.233.